The third-order valence-electron chi connectivity index (χ3n) is 3.57. The monoisotopic (exact) mass is 392 g/mol. The second kappa shape index (κ2) is 10.3. The summed E-state index contributed by atoms with van der Waals surface area (Å²) in [6.07, 6.45) is 0. The summed E-state index contributed by atoms with van der Waals surface area (Å²) in [6.45, 7) is 0.370. The molecule has 8 heteroatoms. The molecule has 7 nitrogen and oxygen atoms in total. The summed E-state index contributed by atoms with van der Waals surface area (Å²) in [5.74, 6) is 0.718. The second-order valence-corrected chi connectivity index (χ2v) is 5.82. The van der Waals surface area contributed by atoms with Crippen LogP contribution in [0.3, 0.4) is 0 Å². The fraction of sp³-hybridized carbons (Fsp3) is 0.263. The molecule has 0 spiro atoms. The lowest BCUT2D eigenvalue weighted by Gasteiger charge is -2.13. The van der Waals surface area contributed by atoms with E-state index in [1.165, 1.54) is 14.2 Å². The van der Waals surface area contributed by atoms with Crippen molar-refractivity contribution in [1.29, 1.82) is 0 Å². The molecule has 0 saturated carbocycles. The van der Waals surface area contributed by atoms with Crippen LogP contribution in [-0.2, 0) is 4.79 Å². The number of hydrogen-bond donors (Lipinski definition) is 2. The Morgan fingerprint density at radius 1 is 0.926 bits per heavy atom. The number of halogens is 1. The molecule has 0 aliphatic rings. The maximum absolute atomic E-state index is 12.4. The molecular weight excluding hydrogens is 372 g/mol. The molecule has 0 aromatic heterocycles. The highest BCUT2D eigenvalue weighted by molar-refractivity contribution is 6.30. The number of nitrogens with one attached hydrogen (secondary N) is 2. The third kappa shape index (κ3) is 6.07. The summed E-state index contributed by atoms with van der Waals surface area (Å²) in [5.41, 5.74) is 0.305. The highest BCUT2D eigenvalue weighted by Gasteiger charge is 2.17. The molecule has 0 radical (unpaired) electrons. The van der Waals surface area contributed by atoms with E-state index in [0.717, 1.165) is 0 Å². The average Bonchev–Trinajstić information content (AvgIpc) is 2.69. The first kappa shape index (κ1) is 20.4. The second-order valence-electron chi connectivity index (χ2n) is 5.39. The molecule has 0 saturated heterocycles. The Hall–Kier alpha value is -2.93. The van der Waals surface area contributed by atoms with Crippen LogP contribution in [-0.4, -0.2) is 45.7 Å². The van der Waals surface area contributed by atoms with Crippen LogP contribution in [0.1, 0.15) is 10.4 Å². The number of methoxy groups -OCH3 is 2. The molecule has 0 unspecified atom stereocenters. The van der Waals surface area contributed by atoms with Crippen molar-refractivity contribution in [3.05, 3.63) is 53.1 Å². The van der Waals surface area contributed by atoms with Crippen LogP contribution in [0.15, 0.2) is 42.5 Å². The van der Waals surface area contributed by atoms with E-state index in [2.05, 4.69) is 10.6 Å². The van der Waals surface area contributed by atoms with Crippen LogP contribution in [0, 0.1) is 0 Å². The fourth-order valence-corrected chi connectivity index (χ4v) is 2.40. The maximum Gasteiger partial charge on any atom is 0.258 e. The topological polar surface area (TPSA) is 85.9 Å². The van der Waals surface area contributed by atoms with Crippen LogP contribution in [0.5, 0.6) is 17.2 Å². The van der Waals surface area contributed by atoms with Crippen LogP contribution < -0.4 is 24.8 Å². The first-order valence-electron chi connectivity index (χ1n) is 8.19. The van der Waals surface area contributed by atoms with Crippen LogP contribution >= 0.6 is 11.6 Å². The van der Waals surface area contributed by atoms with Gasteiger partial charge in [-0.15, -0.1) is 0 Å². The molecular formula is C19H21ClN2O5. The highest BCUT2D eigenvalue weighted by Crippen LogP contribution is 2.27. The first-order chi connectivity index (χ1) is 13.0. The summed E-state index contributed by atoms with van der Waals surface area (Å²) in [6, 6.07) is 11.8. The summed E-state index contributed by atoms with van der Waals surface area (Å²) in [5, 5.41) is 5.97. The molecule has 0 aliphatic carbocycles. The van der Waals surface area contributed by atoms with Gasteiger partial charge in [0.05, 0.1) is 14.2 Å². The van der Waals surface area contributed by atoms with E-state index >= 15 is 0 Å². The number of carbonyl (C=O) groups excluding carboxylic acids is 2. The molecule has 0 fully saturated rings. The predicted molar refractivity (Wildman–Crippen MR) is 102 cm³/mol. The van der Waals surface area contributed by atoms with Crippen molar-refractivity contribution in [2.45, 2.75) is 0 Å². The van der Waals surface area contributed by atoms with E-state index in [1.54, 1.807) is 42.5 Å². The van der Waals surface area contributed by atoms with Gasteiger partial charge in [0.1, 0.15) is 22.8 Å². The van der Waals surface area contributed by atoms with Gasteiger partial charge in [-0.3, -0.25) is 9.59 Å². The smallest absolute Gasteiger partial charge is 0.258 e. The largest absolute Gasteiger partial charge is 0.496 e. The van der Waals surface area contributed by atoms with E-state index in [9.17, 15) is 9.59 Å². The molecule has 2 amide bonds. The molecule has 0 bridgehead atoms. The lowest BCUT2D eigenvalue weighted by Crippen LogP contribution is -2.37. The van der Waals surface area contributed by atoms with Gasteiger partial charge < -0.3 is 24.8 Å². The zero-order valence-electron chi connectivity index (χ0n) is 15.1. The Balaban J connectivity index is 1.75. The fourth-order valence-electron chi connectivity index (χ4n) is 2.27. The number of benzene rings is 2. The number of rotatable bonds is 9. The zero-order chi connectivity index (χ0) is 19.6. The molecule has 2 aromatic carbocycles. The Bertz CT molecular complexity index is 758. The average molecular weight is 393 g/mol. The summed E-state index contributed by atoms with van der Waals surface area (Å²) in [4.78, 5) is 24.2. The third-order valence-corrected chi connectivity index (χ3v) is 3.82. The lowest BCUT2D eigenvalue weighted by molar-refractivity contribution is -0.123. The number of ether oxygens (including phenoxy) is 3. The molecule has 0 aliphatic heterocycles. The lowest BCUT2D eigenvalue weighted by atomic mass is 10.1. The van der Waals surface area contributed by atoms with Crippen LogP contribution in [0.25, 0.3) is 0 Å². The molecule has 27 heavy (non-hydrogen) atoms. The summed E-state index contributed by atoms with van der Waals surface area (Å²) in [7, 11) is 2.96. The van der Waals surface area contributed by atoms with E-state index < -0.39 is 0 Å². The zero-order valence-corrected chi connectivity index (χ0v) is 15.8. The predicted octanol–water partition coefficient (Wildman–Crippen LogP) is 2.28. The summed E-state index contributed by atoms with van der Waals surface area (Å²) >= 11 is 5.78. The molecule has 2 rings (SSSR count). The standard InChI is InChI=1S/C19H21ClN2O5/c1-25-15-4-3-5-16(26-2)18(15)19(24)22-11-10-21-17(23)12-27-14-8-6-13(20)7-9-14/h3-9H,10-12H2,1-2H3,(H,21,23)(H,22,24). The molecule has 0 atom stereocenters. The Kier molecular flexibility index (Phi) is 7.76. The first-order valence-corrected chi connectivity index (χ1v) is 8.57. The van der Waals surface area contributed by atoms with Gasteiger partial charge in [0.25, 0.3) is 11.8 Å². The van der Waals surface area contributed by atoms with Crippen LogP contribution in [0.2, 0.25) is 5.02 Å². The number of carbonyl (C=O) groups is 2. The minimum absolute atomic E-state index is 0.129. The normalized spacial score (nSPS) is 10.0. The van der Waals surface area contributed by atoms with Crippen molar-refractivity contribution in [2.24, 2.45) is 0 Å². The van der Waals surface area contributed by atoms with Gasteiger partial charge in [0, 0.05) is 18.1 Å². The number of amides is 2. The van der Waals surface area contributed by atoms with Crippen molar-refractivity contribution in [3.8, 4) is 17.2 Å². The van der Waals surface area contributed by atoms with Gasteiger partial charge in [-0.2, -0.15) is 0 Å². The molecule has 0 heterocycles. The maximum atomic E-state index is 12.4. The Morgan fingerprint density at radius 2 is 1.52 bits per heavy atom. The van der Waals surface area contributed by atoms with E-state index in [-0.39, 0.29) is 31.5 Å². The van der Waals surface area contributed by atoms with E-state index in [1.807, 2.05) is 0 Å². The number of hydrogen-bond acceptors (Lipinski definition) is 5. The van der Waals surface area contributed by atoms with Gasteiger partial charge in [-0.1, -0.05) is 17.7 Å². The summed E-state index contributed by atoms with van der Waals surface area (Å²) < 4.78 is 15.7. The van der Waals surface area contributed by atoms with Crippen molar-refractivity contribution in [1.82, 2.24) is 10.6 Å². The quantitative estimate of drug-likeness (QED) is 0.639. The SMILES string of the molecule is COc1cccc(OC)c1C(=O)NCCNC(=O)COc1ccc(Cl)cc1. The van der Waals surface area contributed by atoms with Crippen molar-refractivity contribution >= 4 is 23.4 Å². The minimum atomic E-state index is -0.351. The van der Waals surface area contributed by atoms with Gasteiger partial charge >= 0.3 is 0 Å². The molecule has 144 valence electrons. The molecule has 2 aromatic rings. The van der Waals surface area contributed by atoms with Crippen molar-refractivity contribution in [2.75, 3.05) is 33.9 Å². The van der Waals surface area contributed by atoms with Gasteiger partial charge in [0.15, 0.2) is 6.61 Å². The van der Waals surface area contributed by atoms with Crippen molar-refractivity contribution < 1.29 is 23.8 Å². The Morgan fingerprint density at radius 3 is 2.11 bits per heavy atom. The molecule has 2 N–H and O–H groups in total. The highest BCUT2D eigenvalue weighted by atomic mass is 35.5. The van der Waals surface area contributed by atoms with Gasteiger partial charge in [-0.05, 0) is 36.4 Å². The minimum Gasteiger partial charge on any atom is -0.496 e. The van der Waals surface area contributed by atoms with Crippen LogP contribution in [0.4, 0.5) is 0 Å². The van der Waals surface area contributed by atoms with Gasteiger partial charge in [-0.25, -0.2) is 0 Å². The van der Waals surface area contributed by atoms with Gasteiger partial charge in [0.2, 0.25) is 0 Å². The van der Waals surface area contributed by atoms with E-state index in [4.69, 9.17) is 25.8 Å². The van der Waals surface area contributed by atoms with E-state index in [0.29, 0.717) is 27.8 Å². The van der Waals surface area contributed by atoms with Crippen molar-refractivity contribution in [3.63, 3.8) is 0 Å². The Labute approximate surface area is 162 Å².